The van der Waals surface area contributed by atoms with E-state index in [1.54, 1.807) is 26.0 Å². The molecule has 5 rings (SSSR count). The van der Waals surface area contributed by atoms with Crippen molar-refractivity contribution in [2.24, 2.45) is 0 Å². The van der Waals surface area contributed by atoms with Gasteiger partial charge in [0.15, 0.2) is 11.5 Å². The molecule has 5 nitrogen and oxygen atoms in total. The Kier molecular flexibility index (Phi) is 5.57. The Morgan fingerprint density at radius 2 is 1.56 bits per heavy atom. The average Bonchev–Trinajstić information content (AvgIpc) is 2.83. The normalized spacial score (nSPS) is 17.2. The van der Waals surface area contributed by atoms with Crippen molar-refractivity contribution < 1.29 is 14.3 Å². The highest BCUT2D eigenvalue weighted by Gasteiger charge is 2.32. The summed E-state index contributed by atoms with van der Waals surface area (Å²) in [5.74, 6) is 1.56. The first-order valence-corrected chi connectivity index (χ1v) is 11.6. The number of methoxy groups -OCH3 is 2. The van der Waals surface area contributed by atoms with Crippen molar-refractivity contribution in [3.05, 3.63) is 71.8 Å². The van der Waals surface area contributed by atoms with E-state index in [0.717, 1.165) is 45.6 Å². The molecule has 32 heavy (non-hydrogen) atoms. The highest BCUT2D eigenvalue weighted by Crippen LogP contribution is 2.48. The van der Waals surface area contributed by atoms with Crippen LogP contribution in [0.1, 0.15) is 24.1 Å². The van der Waals surface area contributed by atoms with Crippen LogP contribution in [-0.4, -0.2) is 38.1 Å². The van der Waals surface area contributed by atoms with E-state index in [4.69, 9.17) is 9.47 Å². The molecule has 2 aliphatic rings. The summed E-state index contributed by atoms with van der Waals surface area (Å²) in [5, 5.41) is 0. The lowest BCUT2D eigenvalue weighted by Crippen LogP contribution is -2.43. The minimum Gasteiger partial charge on any atom is -0.493 e. The third kappa shape index (κ3) is 3.53. The Morgan fingerprint density at radius 1 is 0.969 bits per heavy atom. The summed E-state index contributed by atoms with van der Waals surface area (Å²) in [5.41, 5.74) is 4.36. The van der Waals surface area contributed by atoms with Crippen LogP contribution in [0.3, 0.4) is 0 Å². The Hall–Kier alpha value is -2.96. The zero-order chi connectivity index (χ0) is 22.2. The average molecular weight is 447 g/mol. The Morgan fingerprint density at radius 3 is 2.19 bits per heavy atom. The number of rotatable bonds is 4. The van der Waals surface area contributed by atoms with Gasteiger partial charge in [-0.05, 0) is 60.9 Å². The number of benzene rings is 3. The van der Waals surface area contributed by atoms with Crippen LogP contribution in [0, 0.1) is 0 Å². The van der Waals surface area contributed by atoms with E-state index in [1.807, 2.05) is 41.3 Å². The van der Waals surface area contributed by atoms with Gasteiger partial charge in [-0.2, -0.15) is 0 Å². The maximum atomic E-state index is 13.7. The van der Waals surface area contributed by atoms with Crippen molar-refractivity contribution in [2.75, 3.05) is 32.2 Å². The second-order valence-corrected chi connectivity index (χ2v) is 9.15. The van der Waals surface area contributed by atoms with E-state index in [9.17, 15) is 4.79 Å². The molecule has 3 aromatic rings. The predicted octanol–water partition coefficient (Wildman–Crippen LogP) is 5.45. The molecule has 0 saturated heterocycles. The standard InChI is InChI=1S/C26H26N2O3S/c1-17-19-15-23(31-3)22(30-2)14-18(19)12-13-27(17)16-26(29)28-20-8-4-6-10-24(20)32-25-11-7-5-9-21(25)28/h4-11,14-15,17H,12-13,16H2,1-3H3/t17-/m1/s1. The summed E-state index contributed by atoms with van der Waals surface area (Å²) in [6, 6.07) is 20.5. The maximum Gasteiger partial charge on any atom is 0.245 e. The lowest BCUT2D eigenvalue weighted by atomic mass is 9.92. The van der Waals surface area contributed by atoms with Crippen LogP contribution in [-0.2, 0) is 11.2 Å². The maximum absolute atomic E-state index is 13.7. The molecule has 164 valence electrons. The van der Waals surface area contributed by atoms with Gasteiger partial charge in [-0.25, -0.2) is 0 Å². The largest absolute Gasteiger partial charge is 0.493 e. The molecule has 2 heterocycles. The lowest BCUT2D eigenvalue weighted by Gasteiger charge is -2.37. The summed E-state index contributed by atoms with van der Waals surface area (Å²) in [7, 11) is 3.32. The minimum atomic E-state index is 0.0842. The van der Waals surface area contributed by atoms with E-state index in [2.05, 4.69) is 36.1 Å². The number of amides is 1. The molecule has 0 saturated carbocycles. The third-order valence-electron chi connectivity index (χ3n) is 6.33. The molecular weight excluding hydrogens is 420 g/mol. The zero-order valence-electron chi connectivity index (χ0n) is 18.5. The number of ether oxygens (including phenoxy) is 2. The van der Waals surface area contributed by atoms with Gasteiger partial charge in [-0.1, -0.05) is 36.0 Å². The van der Waals surface area contributed by atoms with Crippen LogP contribution in [0.25, 0.3) is 0 Å². The Labute approximate surface area is 192 Å². The molecule has 0 unspecified atom stereocenters. The molecule has 0 radical (unpaired) electrons. The van der Waals surface area contributed by atoms with Crippen molar-refractivity contribution >= 4 is 29.0 Å². The number of carbonyl (C=O) groups excluding carboxylic acids is 1. The minimum absolute atomic E-state index is 0.0842. The molecule has 0 N–H and O–H groups in total. The van der Waals surface area contributed by atoms with Crippen LogP contribution in [0.2, 0.25) is 0 Å². The van der Waals surface area contributed by atoms with Crippen LogP contribution >= 0.6 is 11.8 Å². The smallest absolute Gasteiger partial charge is 0.245 e. The summed E-state index contributed by atoms with van der Waals surface area (Å²) >= 11 is 1.72. The first-order valence-electron chi connectivity index (χ1n) is 10.8. The summed E-state index contributed by atoms with van der Waals surface area (Å²) in [6.07, 6.45) is 0.871. The van der Waals surface area contributed by atoms with Crippen LogP contribution in [0.4, 0.5) is 11.4 Å². The molecule has 6 heteroatoms. The summed E-state index contributed by atoms with van der Waals surface area (Å²) in [6.45, 7) is 3.33. The van der Waals surface area contributed by atoms with Gasteiger partial charge in [-0.15, -0.1) is 0 Å². The van der Waals surface area contributed by atoms with Crippen molar-refractivity contribution in [2.45, 2.75) is 29.2 Å². The summed E-state index contributed by atoms with van der Waals surface area (Å²) < 4.78 is 11.0. The number of hydrogen-bond donors (Lipinski definition) is 0. The fourth-order valence-corrected chi connectivity index (χ4v) is 5.69. The molecule has 2 aliphatic heterocycles. The third-order valence-corrected chi connectivity index (χ3v) is 7.46. The van der Waals surface area contributed by atoms with Gasteiger partial charge in [0, 0.05) is 22.4 Å². The molecule has 0 aromatic heterocycles. The summed E-state index contributed by atoms with van der Waals surface area (Å²) in [4.78, 5) is 20.1. The van der Waals surface area contributed by atoms with Gasteiger partial charge in [0.2, 0.25) is 5.91 Å². The van der Waals surface area contributed by atoms with Crippen molar-refractivity contribution in [3.8, 4) is 11.5 Å². The molecular formula is C26H26N2O3S. The SMILES string of the molecule is COc1cc2c(cc1OC)[C@@H](C)N(CC(=O)N1c3ccccc3Sc3ccccc31)CC2. The number of nitrogens with zero attached hydrogens (tertiary/aromatic N) is 2. The van der Waals surface area contributed by atoms with Gasteiger partial charge in [-0.3, -0.25) is 14.6 Å². The molecule has 3 aromatic carbocycles. The molecule has 0 bridgehead atoms. The quantitative estimate of drug-likeness (QED) is 0.533. The second-order valence-electron chi connectivity index (χ2n) is 8.07. The van der Waals surface area contributed by atoms with Crippen LogP contribution in [0.5, 0.6) is 11.5 Å². The lowest BCUT2D eigenvalue weighted by molar-refractivity contribution is -0.119. The monoisotopic (exact) mass is 446 g/mol. The van der Waals surface area contributed by atoms with E-state index < -0.39 is 0 Å². The van der Waals surface area contributed by atoms with Gasteiger partial charge >= 0.3 is 0 Å². The highest BCUT2D eigenvalue weighted by molar-refractivity contribution is 7.99. The van der Waals surface area contributed by atoms with Gasteiger partial charge in [0.25, 0.3) is 0 Å². The molecule has 1 atom stereocenters. The topological polar surface area (TPSA) is 42.0 Å². The van der Waals surface area contributed by atoms with Crippen molar-refractivity contribution in [3.63, 3.8) is 0 Å². The fourth-order valence-electron chi connectivity index (χ4n) is 4.63. The number of para-hydroxylation sites is 2. The van der Waals surface area contributed by atoms with E-state index >= 15 is 0 Å². The van der Waals surface area contributed by atoms with Gasteiger partial charge in [0.05, 0.1) is 32.1 Å². The van der Waals surface area contributed by atoms with Crippen molar-refractivity contribution in [1.29, 1.82) is 0 Å². The first-order chi connectivity index (χ1) is 15.6. The second kappa shape index (κ2) is 8.52. The highest BCUT2D eigenvalue weighted by atomic mass is 32.2. The molecule has 1 amide bonds. The number of carbonyl (C=O) groups is 1. The molecule has 0 spiro atoms. The fraction of sp³-hybridized carbons (Fsp3) is 0.269. The predicted molar refractivity (Wildman–Crippen MR) is 127 cm³/mol. The number of hydrogen-bond acceptors (Lipinski definition) is 5. The zero-order valence-corrected chi connectivity index (χ0v) is 19.3. The van der Waals surface area contributed by atoms with E-state index in [1.165, 1.54) is 11.1 Å². The number of anilines is 2. The Bertz CT molecular complexity index is 1130. The Balaban J connectivity index is 1.44. The molecule has 0 aliphatic carbocycles. The van der Waals surface area contributed by atoms with Gasteiger partial charge in [0.1, 0.15) is 0 Å². The first kappa shape index (κ1) is 20.9. The van der Waals surface area contributed by atoms with Crippen molar-refractivity contribution in [1.82, 2.24) is 4.90 Å². The number of fused-ring (bicyclic) bond motifs is 3. The van der Waals surface area contributed by atoms with Crippen LogP contribution in [0.15, 0.2) is 70.5 Å². The van der Waals surface area contributed by atoms with Crippen LogP contribution < -0.4 is 14.4 Å². The molecule has 0 fully saturated rings. The van der Waals surface area contributed by atoms with E-state index in [0.29, 0.717) is 6.54 Å². The van der Waals surface area contributed by atoms with E-state index in [-0.39, 0.29) is 11.9 Å². The van der Waals surface area contributed by atoms with Gasteiger partial charge < -0.3 is 9.47 Å².